The lowest BCUT2D eigenvalue weighted by molar-refractivity contribution is -0.116. The minimum atomic E-state index is -0.311. The molecule has 1 aliphatic rings. The SMILES string of the molecule is CC(C)Oc1ccccc1C1CC(=O)Nc2c1ncn2-c1ccc(F)cc1. The molecular weight excluding hydrogens is 345 g/mol. The summed E-state index contributed by atoms with van der Waals surface area (Å²) in [6.45, 7) is 3.94. The van der Waals surface area contributed by atoms with E-state index in [2.05, 4.69) is 10.3 Å². The van der Waals surface area contributed by atoms with E-state index in [0.717, 1.165) is 22.7 Å². The van der Waals surface area contributed by atoms with E-state index in [1.165, 1.54) is 12.1 Å². The molecule has 2 aromatic carbocycles. The largest absolute Gasteiger partial charge is 0.491 e. The Hall–Kier alpha value is -3.15. The van der Waals surface area contributed by atoms with Crippen LogP contribution in [0.25, 0.3) is 5.69 Å². The van der Waals surface area contributed by atoms with Gasteiger partial charge in [0.2, 0.25) is 5.91 Å². The van der Waals surface area contributed by atoms with Crippen LogP contribution in [0.4, 0.5) is 10.2 Å². The van der Waals surface area contributed by atoms with Crippen LogP contribution in [-0.2, 0) is 4.79 Å². The summed E-state index contributed by atoms with van der Waals surface area (Å²) in [5, 5.41) is 2.91. The van der Waals surface area contributed by atoms with Crippen molar-refractivity contribution >= 4 is 11.7 Å². The van der Waals surface area contributed by atoms with Gasteiger partial charge in [0.15, 0.2) is 0 Å². The minimum Gasteiger partial charge on any atom is -0.491 e. The number of hydrogen-bond acceptors (Lipinski definition) is 3. The third kappa shape index (κ3) is 3.30. The molecule has 0 saturated heterocycles. The van der Waals surface area contributed by atoms with E-state index in [0.29, 0.717) is 12.2 Å². The maximum absolute atomic E-state index is 13.3. The van der Waals surface area contributed by atoms with Crippen LogP contribution in [0.5, 0.6) is 5.75 Å². The van der Waals surface area contributed by atoms with Gasteiger partial charge < -0.3 is 10.1 Å². The van der Waals surface area contributed by atoms with Gasteiger partial charge in [0.1, 0.15) is 23.7 Å². The van der Waals surface area contributed by atoms with E-state index in [4.69, 9.17) is 4.74 Å². The van der Waals surface area contributed by atoms with Crippen LogP contribution < -0.4 is 10.1 Å². The molecular formula is C21H20FN3O2. The molecule has 1 atom stereocenters. The smallest absolute Gasteiger partial charge is 0.226 e. The van der Waals surface area contributed by atoms with Gasteiger partial charge in [0.05, 0.1) is 11.8 Å². The average molecular weight is 365 g/mol. The van der Waals surface area contributed by atoms with Gasteiger partial charge in [0, 0.05) is 23.6 Å². The predicted molar refractivity (Wildman–Crippen MR) is 101 cm³/mol. The van der Waals surface area contributed by atoms with Gasteiger partial charge in [-0.1, -0.05) is 18.2 Å². The third-order valence-electron chi connectivity index (χ3n) is 4.54. The van der Waals surface area contributed by atoms with Crippen LogP contribution in [-0.4, -0.2) is 21.6 Å². The van der Waals surface area contributed by atoms with Crippen LogP contribution in [0, 0.1) is 5.82 Å². The fourth-order valence-corrected chi connectivity index (χ4v) is 3.39. The average Bonchev–Trinajstić information content (AvgIpc) is 3.05. The monoisotopic (exact) mass is 365 g/mol. The summed E-state index contributed by atoms with van der Waals surface area (Å²) in [6.07, 6.45) is 1.98. The van der Waals surface area contributed by atoms with Gasteiger partial charge >= 0.3 is 0 Å². The Kier molecular flexibility index (Phi) is 4.39. The molecule has 0 saturated carbocycles. The first-order chi connectivity index (χ1) is 13.0. The van der Waals surface area contributed by atoms with Gasteiger partial charge in [-0.05, 0) is 44.2 Å². The molecule has 5 nitrogen and oxygen atoms in total. The second kappa shape index (κ2) is 6.87. The van der Waals surface area contributed by atoms with Crippen molar-refractivity contribution in [2.45, 2.75) is 32.3 Å². The van der Waals surface area contributed by atoms with E-state index in [-0.39, 0.29) is 23.7 Å². The molecule has 0 spiro atoms. The number of ether oxygens (including phenoxy) is 1. The van der Waals surface area contributed by atoms with Crippen LogP contribution >= 0.6 is 0 Å². The fraction of sp³-hybridized carbons (Fsp3) is 0.238. The molecule has 1 aliphatic heterocycles. The van der Waals surface area contributed by atoms with E-state index in [1.807, 2.05) is 38.1 Å². The molecule has 0 aliphatic carbocycles. The van der Waals surface area contributed by atoms with Crippen molar-refractivity contribution in [3.63, 3.8) is 0 Å². The van der Waals surface area contributed by atoms with Gasteiger partial charge in [0.25, 0.3) is 0 Å². The molecule has 6 heteroatoms. The highest BCUT2D eigenvalue weighted by Crippen LogP contribution is 2.40. The summed E-state index contributed by atoms with van der Waals surface area (Å²) in [5.41, 5.74) is 2.45. The highest BCUT2D eigenvalue weighted by molar-refractivity contribution is 5.94. The Morgan fingerprint density at radius 2 is 1.93 bits per heavy atom. The van der Waals surface area contributed by atoms with Gasteiger partial charge in [-0.25, -0.2) is 9.37 Å². The van der Waals surface area contributed by atoms with Gasteiger partial charge in [-0.3, -0.25) is 9.36 Å². The molecule has 2 heterocycles. The lowest BCUT2D eigenvalue weighted by atomic mass is 9.89. The number of anilines is 1. The zero-order chi connectivity index (χ0) is 19.0. The van der Waals surface area contributed by atoms with Crippen molar-refractivity contribution in [3.05, 3.63) is 71.9 Å². The molecule has 4 rings (SSSR count). The normalized spacial score (nSPS) is 16.1. The molecule has 0 radical (unpaired) electrons. The number of halogens is 1. The maximum atomic E-state index is 13.3. The van der Waals surface area contributed by atoms with Crippen LogP contribution in [0.3, 0.4) is 0 Å². The first kappa shape index (κ1) is 17.3. The molecule has 27 heavy (non-hydrogen) atoms. The molecule has 3 aromatic rings. The fourth-order valence-electron chi connectivity index (χ4n) is 3.39. The number of rotatable bonds is 4. The first-order valence-corrected chi connectivity index (χ1v) is 8.91. The summed E-state index contributed by atoms with van der Waals surface area (Å²) < 4.78 is 21.0. The molecule has 1 N–H and O–H groups in total. The molecule has 0 fully saturated rings. The van der Waals surface area contributed by atoms with Crippen molar-refractivity contribution in [1.82, 2.24) is 9.55 Å². The number of nitrogens with zero attached hydrogens (tertiary/aromatic N) is 2. The van der Waals surface area contributed by atoms with Crippen molar-refractivity contribution in [2.75, 3.05) is 5.32 Å². The number of carbonyl (C=O) groups is 1. The number of nitrogens with one attached hydrogen (secondary N) is 1. The zero-order valence-corrected chi connectivity index (χ0v) is 15.1. The predicted octanol–water partition coefficient (Wildman–Crippen LogP) is 4.27. The Bertz CT molecular complexity index is 979. The van der Waals surface area contributed by atoms with Crippen molar-refractivity contribution in [3.8, 4) is 11.4 Å². The van der Waals surface area contributed by atoms with E-state index in [9.17, 15) is 9.18 Å². The standard InChI is InChI=1S/C21H20FN3O2/c1-13(2)27-18-6-4-3-5-16(18)17-11-19(26)24-21-20(17)23-12-25(21)15-9-7-14(22)8-10-15/h3-10,12-13,17H,11H2,1-2H3,(H,24,26). The van der Waals surface area contributed by atoms with Crippen LogP contribution in [0.2, 0.25) is 0 Å². The van der Waals surface area contributed by atoms with Crippen molar-refractivity contribution in [1.29, 1.82) is 0 Å². The summed E-state index contributed by atoms with van der Waals surface area (Å²) in [5.74, 6) is 0.771. The Labute approximate surface area is 156 Å². The van der Waals surface area contributed by atoms with E-state index >= 15 is 0 Å². The Balaban J connectivity index is 1.79. The number of fused-ring (bicyclic) bond motifs is 1. The Morgan fingerprint density at radius 3 is 2.67 bits per heavy atom. The van der Waals surface area contributed by atoms with Crippen molar-refractivity contribution < 1.29 is 13.9 Å². The number of carbonyl (C=O) groups excluding carboxylic acids is 1. The number of benzene rings is 2. The molecule has 1 aromatic heterocycles. The summed E-state index contributed by atoms with van der Waals surface area (Å²) in [7, 11) is 0. The zero-order valence-electron chi connectivity index (χ0n) is 15.1. The summed E-state index contributed by atoms with van der Waals surface area (Å²) in [6, 6.07) is 13.8. The minimum absolute atomic E-state index is 0.0276. The molecule has 138 valence electrons. The molecule has 1 unspecified atom stereocenters. The van der Waals surface area contributed by atoms with E-state index < -0.39 is 0 Å². The number of aromatic nitrogens is 2. The summed E-state index contributed by atoms with van der Waals surface area (Å²) in [4.78, 5) is 17.0. The highest BCUT2D eigenvalue weighted by Gasteiger charge is 2.32. The number of hydrogen-bond donors (Lipinski definition) is 1. The second-order valence-corrected chi connectivity index (χ2v) is 6.83. The number of para-hydroxylation sites is 1. The Morgan fingerprint density at radius 1 is 1.19 bits per heavy atom. The molecule has 0 bridgehead atoms. The quantitative estimate of drug-likeness (QED) is 0.751. The molecule has 1 amide bonds. The lowest BCUT2D eigenvalue weighted by Gasteiger charge is -2.25. The van der Waals surface area contributed by atoms with Crippen molar-refractivity contribution in [2.24, 2.45) is 0 Å². The first-order valence-electron chi connectivity index (χ1n) is 8.91. The highest BCUT2D eigenvalue weighted by atomic mass is 19.1. The lowest BCUT2D eigenvalue weighted by Crippen LogP contribution is -2.25. The van der Waals surface area contributed by atoms with Gasteiger partial charge in [-0.15, -0.1) is 0 Å². The second-order valence-electron chi connectivity index (χ2n) is 6.83. The van der Waals surface area contributed by atoms with E-state index in [1.54, 1.807) is 23.0 Å². The number of amides is 1. The number of imidazole rings is 1. The summed E-state index contributed by atoms with van der Waals surface area (Å²) >= 11 is 0. The van der Waals surface area contributed by atoms with Crippen LogP contribution in [0.15, 0.2) is 54.9 Å². The van der Waals surface area contributed by atoms with Crippen LogP contribution in [0.1, 0.15) is 37.4 Å². The van der Waals surface area contributed by atoms with Gasteiger partial charge in [-0.2, -0.15) is 0 Å². The maximum Gasteiger partial charge on any atom is 0.226 e. The topological polar surface area (TPSA) is 56.1 Å². The third-order valence-corrected chi connectivity index (χ3v) is 4.54.